The number of pyridine rings is 1. The highest BCUT2D eigenvalue weighted by molar-refractivity contribution is 5.97. The lowest BCUT2D eigenvalue weighted by Crippen LogP contribution is -2.49. The molecule has 0 atom stereocenters. The molecular weight excluding hydrogens is 507 g/mol. The lowest BCUT2D eigenvalue weighted by atomic mass is 10.0. The van der Waals surface area contributed by atoms with Gasteiger partial charge in [0, 0.05) is 56.7 Å². The fourth-order valence-electron chi connectivity index (χ4n) is 4.58. The third-order valence-corrected chi connectivity index (χ3v) is 6.88. The van der Waals surface area contributed by atoms with Gasteiger partial charge in [-0.3, -0.25) is 9.59 Å². The monoisotopic (exact) mass is 547 g/mol. The van der Waals surface area contributed by atoms with Gasteiger partial charge in [0.15, 0.2) is 0 Å². The number of rotatable bonds is 13. The van der Waals surface area contributed by atoms with Crippen LogP contribution in [0, 0.1) is 0 Å². The largest absolute Gasteiger partial charge is 0.417 e. The first-order chi connectivity index (χ1) is 18.7. The molecule has 0 aliphatic carbocycles. The molecule has 1 saturated heterocycles. The molecule has 1 aliphatic rings. The van der Waals surface area contributed by atoms with E-state index >= 15 is 0 Å². The van der Waals surface area contributed by atoms with Gasteiger partial charge in [0.25, 0.3) is 11.8 Å². The summed E-state index contributed by atoms with van der Waals surface area (Å²) in [5, 5.41) is 6.07. The molecule has 3 rings (SSSR count). The number of anilines is 2. The predicted octanol–water partition coefficient (Wildman–Crippen LogP) is 5.98. The Kier molecular flexibility index (Phi) is 11.4. The number of nitrogens with one attached hydrogen (secondary N) is 2. The number of halogens is 3. The Morgan fingerprint density at radius 3 is 2.28 bits per heavy atom. The van der Waals surface area contributed by atoms with Gasteiger partial charge in [-0.05, 0) is 43.2 Å². The SMILES string of the molecule is CCCCCCNc1ccc(C(F)(F)F)c(C(=O)N2CCN(c3cc(C(=O)NCCCCC)ccn3)CC2)c1. The molecule has 10 heteroatoms. The highest BCUT2D eigenvalue weighted by Crippen LogP contribution is 2.34. The summed E-state index contributed by atoms with van der Waals surface area (Å²) in [7, 11) is 0. The Hall–Kier alpha value is -3.30. The summed E-state index contributed by atoms with van der Waals surface area (Å²) in [6, 6.07) is 7.06. The summed E-state index contributed by atoms with van der Waals surface area (Å²) < 4.78 is 41.3. The van der Waals surface area contributed by atoms with E-state index in [2.05, 4.69) is 29.5 Å². The van der Waals surface area contributed by atoms with E-state index in [4.69, 9.17) is 0 Å². The Balaban J connectivity index is 1.64. The van der Waals surface area contributed by atoms with Gasteiger partial charge in [-0.2, -0.15) is 13.2 Å². The molecule has 2 heterocycles. The summed E-state index contributed by atoms with van der Waals surface area (Å²) in [4.78, 5) is 33.5. The van der Waals surface area contributed by atoms with Crippen LogP contribution in [0.3, 0.4) is 0 Å². The van der Waals surface area contributed by atoms with Crippen molar-refractivity contribution >= 4 is 23.3 Å². The van der Waals surface area contributed by atoms with Crippen molar-refractivity contribution in [1.82, 2.24) is 15.2 Å². The van der Waals surface area contributed by atoms with Gasteiger partial charge in [0.1, 0.15) is 5.82 Å². The van der Waals surface area contributed by atoms with Crippen LogP contribution >= 0.6 is 0 Å². The van der Waals surface area contributed by atoms with Gasteiger partial charge in [0.05, 0.1) is 11.1 Å². The zero-order valence-electron chi connectivity index (χ0n) is 22.9. The van der Waals surface area contributed by atoms with Crippen molar-refractivity contribution in [2.45, 2.75) is 65.0 Å². The van der Waals surface area contributed by atoms with Gasteiger partial charge in [-0.25, -0.2) is 4.98 Å². The molecule has 0 unspecified atom stereocenters. The number of alkyl halides is 3. The molecular formula is C29H40F3N5O2. The van der Waals surface area contributed by atoms with E-state index in [1.807, 2.05) is 4.90 Å². The van der Waals surface area contributed by atoms with Crippen LogP contribution in [0.5, 0.6) is 0 Å². The van der Waals surface area contributed by atoms with Crippen molar-refractivity contribution in [3.05, 3.63) is 53.2 Å². The highest BCUT2D eigenvalue weighted by Gasteiger charge is 2.37. The number of aromatic nitrogens is 1. The van der Waals surface area contributed by atoms with Crippen LogP contribution in [0.15, 0.2) is 36.5 Å². The molecule has 2 aromatic rings. The maximum atomic E-state index is 13.8. The lowest BCUT2D eigenvalue weighted by Gasteiger charge is -2.36. The number of carbonyl (C=O) groups is 2. The van der Waals surface area contributed by atoms with Crippen molar-refractivity contribution in [2.24, 2.45) is 0 Å². The molecule has 0 bridgehead atoms. The third-order valence-electron chi connectivity index (χ3n) is 6.88. The number of hydrogen-bond acceptors (Lipinski definition) is 5. The van der Waals surface area contributed by atoms with Crippen molar-refractivity contribution < 1.29 is 22.8 Å². The van der Waals surface area contributed by atoms with Crippen LogP contribution in [0.25, 0.3) is 0 Å². The molecule has 0 radical (unpaired) electrons. The molecule has 1 fully saturated rings. The second-order valence-electron chi connectivity index (χ2n) is 9.89. The first-order valence-corrected chi connectivity index (χ1v) is 14.0. The van der Waals surface area contributed by atoms with Crippen molar-refractivity contribution in [3.8, 4) is 0 Å². The first-order valence-electron chi connectivity index (χ1n) is 14.0. The molecule has 39 heavy (non-hydrogen) atoms. The van der Waals surface area contributed by atoms with E-state index in [9.17, 15) is 22.8 Å². The standard InChI is InChI=1S/C29H40F3N5O2/c1-3-5-7-9-13-33-23-10-11-25(29(30,31)32)24(21-23)28(39)37-18-16-36(17-19-37)26-20-22(12-15-34-26)27(38)35-14-8-6-4-2/h10-12,15,20-21,33H,3-9,13-14,16-19H2,1-2H3,(H,35,38). The van der Waals surface area contributed by atoms with Crippen LogP contribution in [0.1, 0.15) is 85.1 Å². The third kappa shape index (κ3) is 8.86. The predicted molar refractivity (Wildman–Crippen MR) is 148 cm³/mol. The summed E-state index contributed by atoms with van der Waals surface area (Å²) in [6.07, 6.45) is 4.15. The van der Waals surface area contributed by atoms with E-state index in [1.54, 1.807) is 18.3 Å². The number of nitrogens with zero attached hydrogens (tertiary/aromatic N) is 3. The van der Waals surface area contributed by atoms with Gasteiger partial charge in [-0.15, -0.1) is 0 Å². The minimum Gasteiger partial charge on any atom is -0.385 e. The quantitative estimate of drug-likeness (QED) is 0.302. The van der Waals surface area contributed by atoms with Gasteiger partial charge in [0.2, 0.25) is 0 Å². The second-order valence-corrected chi connectivity index (χ2v) is 9.89. The fourth-order valence-corrected chi connectivity index (χ4v) is 4.58. The van der Waals surface area contributed by atoms with Gasteiger partial charge < -0.3 is 20.4 Å². The topological polar surface area (TPSA) is 77.6 Å². The number of unbranched alkanes of at least 4 members (excludes halogenated alkanes) is 5. The lowest BCUT2D eigenvalue weighted by molar-refractivity contribution is -0.138. The van der Waals surface area contributed by atoms with Crippen LogP contribution in [-0.2, 0) is 6.18 Å². The number of carbonyl (C=O) groups excluding carboxylic acids is 2. The Morgan fingerprint density at radius 1 is 0.897 bits per heavy atom. The average molecular weight is 548 g/mol. The molecule has 0 saturated carbocycles. The van der Waals surface area contributed by atoms with Crippen molar-refractivity contribution in [3.63, 3.8) is 0 Å². The van der Waals surface area contributed by atoms with Gasteiger partial charge in [-0.1, -0.05) is 46.0 Å². The second kappa shape index (κ2) is 14.7. The average Bonchev–Trinajstić information content (AvgIpc) is 2.94. The molecule has 1 aromatic carbocycles. The number of piperazine rings is 1. The van der Waals surface area contributed by atoms with E-state index in [1.165, 1.54) is 17.0 Å². The normalized spacial score (nSPS) is 13.9. The summed E-state index contributed by atoms with van der Waals surface area (Å²) in [5.41, 5.74) is -0.251. The fraction of sp³-hybridized carbons (Fsp3) is 0.552. The Bertz CT molecular complexity index is 1080. The van der Waals surface area contributed by atoms with Crippen LogP contribution in [0.4, 0.5) is 24.7 Å². The maximum Gasteiger partial charge on any atom is 0.417 e. The van der Waals surface area contributed by atoms with E-state index in [0.717, 1.165) is 51.0 Å². The number of amides is 2. The molecule has 2 amide bonds. The smallest absolute Gasteiger partial charge is 0.385 e. The van der Waals surface area contributed by atoms with Crippen molar-refractivity contribution in [1.29, 1.82) is 0 Å². The number of benzene rings is 1. The van der Waals surface area contributed by atoms with E-state index in [0.29, 0.717) is 43.2 Å². The molecule has 214 valence electrons. The maximum absolute atomic E-state index is 13.8. The summed E-state index contributed by atoms with van der Waals surface area (Å²) >= 11 is 0. The molecule has 1 aromatic heterocycles. The summed E-state index contributed by atoms with van der Waals surface area (Å²) in [5.74, 6) is -0.194. The van der Waals surface area contributed by atoms with Crippen molar-refractivity contribution in [2.75, 3.05) is 49.5 Å². The molecule has 2 N–H and O–H groups in total. The Labute approximate surface area is 229 Å². The first kappa shape index (κ1) is 30.2. The summed E-state index contributed by atoms with van der Waals surface area (Å²) in [6.45, 7) is 6.77. The van der Waals surface area contributed by atoms with E-state index in [-0.39, 0.29) is 24.6 Å². The van der Waals surface area contributed by atoms with Crippen LogP contribution in [-0.4, -0.2) is 61.0 Å². The molecule has 0 spiro atoms. The zero-order chi connectivity index (χ0) is 28.3. The molecule has 7 nitrogen and oxygen atoms in total. The minimum absolute atomic E-state index is 0.165. The highest BCUT2D eigenvalue weighted by atomic mass is 19.4. The van der Waals surface area contributed by atoms with Gasteiger partial charge >= 0.3 is 6.18 Å². The minimum atomic E-state index is -4.63. The Morgan fingerprint density at radius 2 is 1.59 bits per heavy atom. The zero-order valence-corrected chi connectivity index (χ0v) is 22.9. The van der Waals surface area contributed by atoms with E-state index < -0.39 is 17.6 Å². The number of hydrogen-bond donors (Lipinski definition) is 2. The van der Waals surface area contributed by atoms with Crippen LogP contribution in [0.2, 0.25) is 0 Å². The molecule has 1 aliphatic heterocycles. The van der Waals surface area contributed by atoms with Crippen LogP contribution < -0.4 is 15.5 Å².